The van der Waals surface area contributed by atoms with Crippen LogP contribution < -0.4 is 0 Å². The summed E-state index contributed by atoms with van der Waals surface area (Å²) in [6.07, 6.45) is 16.9. The zero-order chi connectivity index (χ0) is 26.5. The third-order valence-electron chi connectivity index (χ3n) is 6.39. The normalized spacial score (nSPS) is 11.5. The molecule has 0 bridgehead atoms. The number of pyridine rings is 4. The van der Waals surface area contributed by atoms with Crippen molar-refractivity contribution in [3.8, 4) is 34.3 Å². The van der Waals surface area contributed by atoms with Crippen LogP contribution in [0.3, 0.4) is 0 Å². The first kappa shape index (κ1) is 22.0. The Morgan fingerprint density at radius 2 is 1.27 bits per heavy atom. The van der Waals surface area contributed by atoms with E-state index < -0.39 is 0 Å². The largest absolute Gasteiger partial charge is 0.264 e. The molecule has 0 saturated carbocycles. The van der Waals surface area contributed by atoms with Gasteiger partial charge in [0.25, 0.3) is 0 Å². The average Bonchev–Trinajstić information content (AvgIpc) is 3.03. The van der Waals surface area contributed by atoms with Crippen LogP contribution in [-0.2, 0) is 0 Å². The van der Waals surface area contributed by atoms with E-state index in [1.54, 1.807) is 62.0 Å². The molecule has 0 unspecified atom stereocenters. The van der Waals surface area contributed by atoms with Crippen molar-refractivity contribution < 1.29 is 0 Å². The van der Waals surface area contributed by atoms with Gasteiger partial charge in [-0.25, -0.2) is 49.8 Å². The third-order valence-corrected chi connectivity index (χ3v) is 6.39. The number of rotatable bonds is 3. The van der Waals surface area contributed by atoms with Crippen molar-refractivity contribution in [2.45, 2.75) is 0 Å². The highest BCUT2D eigenvalue weighted by Crippen LogP contribution is 2.34. The van der Waals surface area contributed by atoms with E-state index in [0.29, 0.717) is 56.6 Å². The van der Waals surface area contributed by atoms with Crippen LogP contribution in [0.25, 0.3) is 78.3 Å². The summed E-state index contributed by atoms with van der Waals surface area (Å²) in [4.78, 5) is 54.6. The van der Waals surface area contributed by atoms with Gasteiger partial charge in [0, 0.05) is 65.7 Å². The van der Waals surface area contributed by atoms with Crippen molar-refractivity contribution in [1.82, 2.24) is 59.8 Å². The molecule has 0 aliphatic carbocycles. The van der Waals surface area contributed by atoms with Crippen LogP contribution in [0.5, 0.6) is 0 Å². The van der Waals surface area contributed by atoms with Crippen LogP contribution in [0.4, 0.5) is 0 Å². The van der Waals surface area contributed by atoms with E-state index in [1.165, 1.54) is 0 Å². The maximum absolute atomic E-state index is 4.79. The van der Waals surface area contributed by atoms with Crippen LogP contribution in [0, 0.1) is 0 Å². The number of nitrogens with zero attached hydrogens (tertiary/aromatic N) is 12. The topological polar surface area (TPSA) is 155 Å². The first-order valence-corrected chi connectivity index (χ1v) is 12.2. The smallest absolute Gasteiger partial charge is 0.181 e. The molecule has 0 saturated heterocycles. The number of aromatic nitrogens is 12. The minimum Gasteiger partial charge on any atom is -0.264 e. The molecule has 0 aliphatic rings. The van der Waals surface area contributed by atoms with Gasteiger partial charge >= 0.3 is 0 Å². The minimum absolute atomic E-state index is 0.376. The van der Waals surface area contributed by atoms with Gasteiger partial charge in [-0.1, -0.05) is 0 Å². The summed E-state index contributed by atoms with van der Waals surface area (Å²) in [5.41, 5.74) is 4.55. The van der Waals surface area contributed by atoms with E-state index in [2.05, 4.69) is 39.9 Å². The lowest BCUT2D eigenvalue weighted by Gasteiger charge is -2.11. The van der Waals surface area contributed by atoms with Gasteiger partial charge in [0.15, 0.2) is 28.8 Å². The van der Waals surface area contributed by atoms with Crippen molar-refractivity contribution in [3.05, 3.63) is 86.2 Å². The fourth-order valence-electron chi connectivity index (χ4n) is 4.45. The van der Waals surface area contributed by atoms with Gasteiger partial charge in [0.1, 0.15) is 11.2 Å². The third kappa shape index (κ3) is 3.62. The molecule has 186 valence electrons. The predicted molar refractivity (Wildman–Crippen MR) is 146 cm³/mol. The molecular formula is C28H14N12. The Bertz CT molecular complexity index is 2250. The van der Waals surface area contributed by atoms with Crippen LogP contribution in [-0.4, -0.2) is 59.8 Å². The second kappa shape index (κ2) is 8.77. The molecule has 40 heavy (non-hydrogen) atoms. The Balaban J connectivity index is 1.36. The molecule has 0 spiro atoms. The first-order valence-electron chi connectivity index (χ1n) is 12.2. The maximum atomic E-state index is 4.79. The lowest BCUT2D eigenvalue weighted by molar-refractivity contribution is 1.13. The van der Waals surface area contributed by atoms with E-state index >= 15 is 0 Å². The summed E-state index contributed by atoms with van der Waals surface area (Å²) in [7, 11) is 0. The fourth-order valence-corrected chi connectivity index (χ4v) is 4.45. The fraction of sp³-hybridized carbons (Fsp3) is 0. The van der Waals surface area contributed by atoms with Crippen LogP contribution in [0.1, 0.15) is 0 Å². The molecule has 12 heteroatoms. The van der Waals surface area contributed by atoms with Crippen molar-refractivity contribution in [2.75, 3.05) is 0 Å². The van der Waals surface area contributed by atoms with Gasteiger partial charge in [-0.05, 0) is 24.3 Å². The lowest BCUT2D eigenvalue weighted by atomic mass is 10.1. The molecule has 8 rings (SSSR count). The van der Waals surface area contributed by atoms with E-state index in [0.717, 1.165) is 21.7 Å². The molecular weight excluding hydrogens is 504 g/mol. The van der Waals surface area contributed by atoms with Gasteiger partial charge in [0.05, 0.1) is 34.6 Å². The van der Waals surface area contributed by atoms with Crippen LogP contribution in [0.15, 0.2) is 86.2 Å². The Kier molecular flexibility index (Phi) is 4.82. The zero-order valence-corrected chi connectivity index (χ0v) is 20.4. The summed E-state index contributed by atoms with van der Waals surface area (Å²) >= 11 is 0. The quantitative estimate of drug-likeness (QED) is 0.331. The van der Waals surface area contributed by atoms with Crippen molar-refractivity contribution in [3.63, 3.8) is 0 Å². The Labute approximate surface area is 224 Å². The summed E-state index contributed by atoms with van der Waals surface area (Å²) in [6.45, 7) is 0. The average molecular weight is 519 g/mol. The second-order valence-corrected chi connectivity index (χ2v) is 8.84. The molecule has 0 N–H and O–H groups in total. The summed E-state index contributed by atoms with van der Waals surface area (Å²) in [5, 5.41) is 2.52. The van der Waals surface area contributed by atoms with Crippen LogP contribution >= 0.6 is 0 Å². The minimum atomic E-state index is 0.376. The Morgan fingerprint density at radius 3 is 2.27 bits per heavy atom. The number of hydrogen-bond acceptors (Lipinski definition) is 12. The highest BCUT2D eigenvalue weighted by atomic mass is 15.0. The Morgan fingerprint density at radius 1 is 0.450 bits per heavy atom. The van der Waals surface area contributed by atoms with E-state index in [1.807, 2.05) is 24.3 Å². The molecule has 0 fully saturated rings. The number of hydrogen-bond donors (Lipinski definition) is 0. The highest BCUT2D eigenvalue weighted by molar-refractivity contribution is 5.97. The van der Waals surface area contributed by atoms with E-state index in [-0.39, 0.29) is 0 Å². The van der Waals surface area contributed by atoms with Gasteiger partial charge in [-0.3, -0.25) is 9.97 Å². The van der Waals surface area contributed by atoms with E-state index in [9.17, 15) is 0 Å². The van der Waals surface area contributed by atoms with Gasteiger partial charge in [-0.2, -0.15) is 0 Å². The lowest BCUT2D eigenvalue weighted by Crippen LogP contribution is -2.02. The number of fused-ring (bicyclic) bond motifs is 4. The molecule has 0 aromatic carbocycles. The summed E-state index contributed by atoms with van der Waals surface area (Å²) in [6, 6.07) is 7.43. The molecule has 0 amide bonds. The Hall–Kier alpha value is -6.04. The molecule has 12 nitrogen and oxygen atoms in total. The molecule has 8 aromatic rings. The van der Waals surface area contributed by atoms with Gasteiger partial charge in [0.2, 0.25) is 0 Å². The molecule has 8 aromatic heterocycles. The van der Waals surface area contributed by atoms with Crippen molar-refractivity contribution >= 4 is 44.0 Å². The van der Waals surface area contributed by atoms with Gasteiger partial charge in [-0.15, -0.1) is 0 Å². The van der Waals surface area contributed by atoms with Crippen molar-refractivity contribution in [1.29, 1.82) is 0 Å². The van der Waals surface area contributed by atoms with Crippen LogP contribution in [0.2, 0.25) is 0 Å². The molecule has 0 atom stereocenters. The molecule has 0 aliphatic heterocycles. The molecule has 0 radical (unpaired) electrons. The zero-order valence-electron chi connectivity index (χ0n) is 20.4. The highest BCUT2D eigenvalue weighted by Gasteiger charge is 2.21. The van der Waals surface area contributed by atoms with E-state index in [4.69, 9.17) is 19.9 Å². The monoisotopic (exact) mass is 518 g/mol. The summed E-state index contributed by atoms with van der Waals surface area (Å²) in [5.74, 6) is 1.27. The second-order valence-electron chi connectivity index (χ2n) is 8.84. The maximum Gasteiger partial charge on any atom is 0.181 e. The molecule has 8 heterocycles. The predicted octanol–water partition coefficient (Wildman–Crippen LogP) is 4.04. The standard InChI is InChI=1S/C28H14N12/c1-2-16-10-34-26(40-24(16)31-5-1)21-14-32-23-22(27-35-9-15-3-6-30-13-20(15)38-27)18(12-36-28(23)39-21)25-33-11-17-8-29-7-4-19(17)37-25/h1-14H. The first-order chi connectivity index (χ1) is 19.8. The summed E-state index contributed by atoms with van der Waals surface area (Å²) < 4.78 is 0. The SMILES string of the molecule is c1cnc2nc(-c3cnc4c(-c5ncc6ccncc6n5)c(-c5ncc6cnccc6n5)cnc4n3)ncc2c1. The van der Waals surface area contributed by atoms with Gasteiger partial charge < -0.3 is 0 Å². The van der Waals surface area contributed by atoms with Crippen molar-refractivity contribution in [2.24, 2.45) is 0 Å².